The fraction of sp³-hybridized carbons (Fsp3) is 0.333. The lowest BCUT2D eigenvalue weighted by Crippen LogP contribution is -2.09. The number of hydrogen-bond acceptors (Lipinski definition) is 3. The van der Waals surface area contributed by atoms with Gasteiger partial charge in [-0.25, -0.2) is 4.79 Å². The summed E-state index contributed by atoms with van der Waals surface area (Å²) in [6, 6.07) is 3.73. The molecule has 4 heteroatoms. The third-order valence-electron chi connectivity index (χ3n) is 2.61. The zero-order chi connectivity index (χ0) is 11.7. The van der Waals surface area contributed by atoms with E-state index in [0.29, 0.717) is 12.3 Å². The average molecular weight is 218 g/mol. The van der Waals surface area contributed by atoms with Crippen LogP contribution in [-0.2, 0) is 11.8 Å². The number of aromatic nitrogens is 2. The second kappa shape index (κ2) is 3.96. The number of ether oxygens (including phenoxy) is 1. The molecule has 2 aromatic heterocycles. The highest BCUT2D eigenvalue weighted by Crippen LogP contribution is 2.20. The first-order chi connectivity index (χ1) is 7.65. The van der Waals surface area contributed by atoms with Gasteiger partial charge in [0, 0.05) is 18.6 Å². The summed E-state index contributed by atoms with van der Waals surface area (Å²) < 4.78 is 6.83. The molecule has 0 aliphatic heterocycles. The summed E-state index contributed by atoms with van der Waals surface area (Å²) in [6.45, 7) is 4.11. The zero-order valence-corrected chi connectivity index (χ0v) is 9.65. The van der Waals surface area contributed by atoms with E-state index in [-0.39, 0.29) is 5.97 Å². The predicted octanol–water partition coefficient (Wildman–Crippen LogP) is 2.06. The molecule has 0 unspecified atom stereocenters. The van der Waals surface area contributed by atoms with E-state index >= 15 is 0 Å². The van der Waals surface area contributed by atoms with Crippen LogP contribution in [0.2, 0.25) is 0 Å². The van der Waals surface area contributed by atoms with Crippen LogP contribution >= 0.6 is 0 Å². The quantitative estimate of drug-likeness (QED) is 0.725. The van der Waals surface area contributed by atoms with Gasteiger partial charge in [0.25, 0.3) is 0 Å². The summed E-state index contributed by atoms with van der Waals surface area (Å²) in [5.74, 6) is -0.291. The molecule has 16 heavy (non-hydrogen) atoms. The Balaban J connectivity index is 2.61. The van der Waals surface area contributed by atoms with E-state index in [1.165, 1.54) is 0 Å². The van der Waals surface area contributed by atoms with E-state index in [9.17, 15) is 4.79 Å². The molecule has 0 aliphatic rings. The minimum Gasteiger partial charge on any atom is -0.461 e. The van der Waals surface area contributed by atoms with Crippen molar-refractivity contribution in [1.29, 1.82) is 0 Å². The van der Waals surface area contributed by atoms with Gasteiger partial charge >= 0.3 is 5.97 Å². The number of esters is 1. The molecule has 0 bridgehead atoms. The Morgan fingerprint density at radius 2 is 2.31 bits per heavy atom. The van der Waals surface area contributed by atoms with Crippen LogP contribution in [0.3, 0.4) is 0 Å². The maximum Gasteiger partial charge on any atom is 0.354 e. The summed E-state index contributed by atoms with van der Waals surface area (Å²) in [5, 5.41) is 1.01. The van der Waals surface area contributed by atoms with Gasteiger partial charge in [-0.15, -0.1) is 0 Å². The Hall–Kier alpha value is -1.84. The number of nitrogens with zero attached hydrogens (tertiary/aromatic N) is 2. The highest BCUT2D eigenvalue weighted by molar-refractivity contribution is 5.96. The molecule has 2 rings (SSSR count). The Labute approximate surface area is 93.9 Å². The van der Waals surface area contributed by atoms with Crippen LogP contribution in [0, 0.1) is 6.92 Å². The van der Waals surface area contributed by atoms with Crippen molar-refractivity contribution in [3.05, 3.63) is 29.7 Å². The van der Waals surface area contributed by atoms with E-state index in [0.717, 1.165) is 16.6 Å². The summed E-state index contributed by atoms with van der Waals surface area (Å²) in [4.78, 5) is 15.9. The molecule has 2 heterocycles. The molecule has 0 N–H and O–H groups in total. The van der Waals surface area contributed by atoms with E-state index in [2.05, 4.69) is 4.98 Å². The van der Waals surface area contributed by atoms with Crippen LogP contribution in [0.15, 0.2) is 18.3 Å². The van der Waals surface area contributed by atoms with Crippen molar-refractivity contribution < 1.29 is 9.53 Å². The Kier molecular flexibility index (Phi) is 2.64. The zero-order valence-electron chi connectivity index (χ0n) is 9.65. The third kappa shape index (κ3) is 1.56. The molecule has 0 spiro atoms. The topological polar surface area (TPSA) is 44.1 Å². The van der Waals surface area contributed by atoms with Crippen molar-refractivity contribution in [1.82, 2.24) is 9.55 Å². The molecule has 2 aromatic rings. The van der Waals surface area contributed by atoms with Gasteiger partial charge in [-0.05, 0) is 26.0 Å². The first-order valence-corrected chi connectivity index (χ1v) is 5.23. The van der Waals surface area contributed by atoms with E-state index < -0.39 is 0 Å². The first kappa shape index (κ1) is 10.7. The first-order valence-electron chi connectivity index (χ1n) is 5.23. The Morgan fingerprint density at radius 1 is 1.56 bits per heavy atom. The SMILES string of the molecule is CCOC(=O)c1cc2ccnc(C)c2n1C. The van der Waals surface area contributed by atoms with Gasteiger partial charge in [0.2, 0.25) is 0 Å². The molecule has 0 saturated carbocycles. The van der Waals surface area contributed by atoms with Crippen molar-refractivity contribution in [2.45, 2.75) is 13.8 Å². The maximum atomic E-state index is 11.7. The van der Waals surface area contributed by atoms with Crippen molar-refractivity contribution in [3.63, 3.8) is 0 Å². The van der Waals surface area contributed by atoms with E-state index in [4.69, 9.17) is 4.74 Å². The van der Waals surface area contributed by atoms with Crippen LogP contribution in [0.25, 0.3) is 10.9 Å². The smallest absolute Gasteiger partial charge is 0.354 e. The molecular formula is C12H14N2O2. The molecule has 0 atom stereocenters. The van der Waals surface area contributed by atoms with E-state index in [1.54, 1.807) is 13.1 Å². The second-order valence-corrected chi connectivity index (χ2v) is 3.64. The molecule has 0 aliphatic carbocycles. The van der Waals surface area contributed by atoms with Crippen LogP contribution < -0.4 is 0 Å². The number of hydrogen-bond donors (Lipinski definition) is 0. The summed E-state index contributed by atoms with van der Waals surface area (Å²) in [6.07, 6.45) is 1.74. The van der Waals surface area contributed by atoms with Crippen molar-refractivity contribution in [3.8, 4) is 0 Å². The maximum absolute atomic E-state index is 11.7. The minimum atomic E-state index is -0.291. The molecule has 4 nitrogen and oxygen atoms in total. The molecule has 0 radical (unpaired) electrons. The number of fused-ring (bicyclic) bond motifs is 1. The molecule has 0 fully saturated rings. The fourth-order valence-electron chi connectivity index (χ4n) is 1.90. The highest BCUT2D eigenvalue weighted by Gasteiger charge is 2.15. The third-order valence-corrected chi connectivity index (χ3v) is 2.61. The van der Waals surface area contributed by atoms with Crippen LogP contribution in [0.1, 0.15) is 23.1 Å². The lowest BCUT2D eigenvalue weighted by molar-refractivity contribution is 0.0516. The van der Waals surface area contributed by atoms with Crippen molar-refractivity contribution in [2.75, 3.05) is 6.61 Å². The van der Waals surface area contributed by atoms with Crippen molar-refractivity contribution >= 4 is 16.9 Å². The molecule has 0 saturated heterocycles. The lowest BCUT2D eigenvalue weighted by Gasteiger charge is -2.04. The lowest BCUT2D eigenvalue weighted by atomic mass is 10.2. The van der Waals surface area contributed by atoms with Gasteiger partial charge in [-0.3, -0.25) is 4.98 Å². The minimum absolute atomic E-state index is 0.291. The normalized spacial score (nSPS) is 10.7. The Morgan fingerprint density at radius 3 is 2.94 bits per heavy atom. The number of rotatable bonds is 2. The fourth-order valence-corrected chi connectivity index (χ4v) is 1.90. The van der Waals surface area contributed by atoms with Gasteiger partial charge in [-0.1, -0.05) is 0 Å². The highest BCUT2D eigenvalue weighted by atomic mass is 16.5. The van der Waals surface area contributed by atoms with Crippen molar-refractivity contribution in [2.24, 2.45) is 7.05 Å². The van der Waals surface area contributed by atoms with Gasteiger partial charge < -0.3 is 9.30 Å². The predicted molar refractivity (Wildman–Crippen MR) is 61.4 cm³/mol. The molecule has 0 aromatic carbocycles. The molecule has 0 amide bonds. The second-order valence-electron chi connectivity index (χ2n) is 3.64. The number of carbonyl (C=O) groups excluding carboxylic acids is 1. The van der Waals surface area contributed by atoms with E-state index in [1.807, 2.05) is 30.7 Å². The molecular weight excluding hydrogens is 204 g/mol. The summed E-state index contributed by atoms with van der Waals surface area (Å²) in [5.41, 5.74) is 2.45. The summed E-state index contributed by atoms with van der Waals surface area (Å²) >= 11 is 0. The van der Waals surface area contributed by atoms with Gasteiger partial charge in [0.15, 0.2) is 0 Å². The van der Waals surface area contributed by atoms with Gasteiger partial charge in [-0.2, -0.15) is 0 Å². The number of carbonyl (C=O) groups is 1. The van der Waals surface area contributed by atoms with Gasteiger partial charge in [0.05, 0.1) is 17.8 Å². The van der Waals surface area contributed by atoms with Gasteiger partial charge in [0.1, 0.15) is 5.69 Å². The monoisotopic (exact) mass is 218 g/mol. The standard InChI is InChI=1S/C12H14N2O2/c1-4-16-12(15)10-7-9-5-6-13-8(2)11(9)14(10)3/h5-7H,4H2,1-3H3. The summed E-state index contributed by atoms with van der Waals surface area (Å²) in [7, 11) is 1.85. The Bertz CT molecular complexity index is 543. The van der Waals surface area contributed by atoms with Crippen LogP contribution in [0.5, 0.6) is 0 Å². The average Bonchev–Trinajstić information content (AvgIpc) is 2.58. The van der Waals surface area contributed by atoms with Crippen LogP contribution in [0.4, 0.5) is 0 Å². The largest absolute Gasteiger partial charge is 0.461 e. The van der Waals surface area contributed by atoms with Crippen LogP contribution in [-0.4, -0.2) is 22.1 Å². The number of pyridine rings is 1. The number of aryl methyl sites for hydroxylation is 2. The molecule has 84 valence electrons.